The Morgan fingerprint density at radius 1 is 1.22 bits per heavy atom. The quantitative estimate of drug-likeness (QED) is 0.817. The first-order valence-corrected chi connectivity index (χ1v) is 7.79. The Morgan fingerprint density at radius 3 is 2.67 bits per heavy atom. The maximum absolute atomic E-state index is 6.08. The van der Waals surface area contributed by atoms with Crippen molar-refractivity contribution < 1.29 is 4.74 Å². The lowest BCUT2D eigenvalue weighted by molar-refractivity contribution is -0.0213. The van der Waals surface area contributed by atoms with Crippen molar-refractivity contribution in [3.8, 4) is 0 Å². The highest BCUT2D eigenvalue weighted by atomic mass is 16.5. The molecule has 2 N–H and O–H groups in total. The lowest BCUT2D eigenvalue weighted by atomic mass is 9.75. The molecule has 3 nitrogen and oxygen atoms in total. The van der Waals surface area contributed by atoms with E-state index in [-0.39, 0.29) is 0 Å². The van der Waals surface area contributed by atoms with Crippen LogP contribution < -0.4 is 5.73 Å². The molecule has 3 fully saturated rings. The van der Waals surface area contributed by atoms with Crippen LogP contribution in [0.15, 0.2) is 0 Å². The van der Waals surface area contributed by atoms with Crippen molar-refractivity contribution in [2.75, 3.05) is 26.3 Å². The first-order chi connectivity index (χ1) is 8.71. The number of hydrogen-bond acceptors (Lipinski definition) is 3. The van der Waals surface area contributed by atoms with Gasteiger partial charge in [0.1, 0.15) is 0 Å². The summed E-state index contributed by atoms with van der Waals surface area (Å²) >= 11 is 0. The summed E-state index contributed by atoms with van der Waals surface area (Å²) in [6.45, 7) is 6.67. The lowest BCUT2D eigenvalue weighted by Crippen LogP contribution is -2.46. The lowest BCUT2D eigenvalue weighted by Gasteiger charge is -2.43. The van der Waals surface area contributed by atoms with Crippen molar-refractivity contribution in [3.63, 3.8) is 0 Å². The van der Waals surface area contributed by atoms with Crippen molar-refractivity contribution in [3.05, 3.63) is 0 Å². The molecule has 0 radical (unpaired) electrons. The summed E-state index contributed by atoms with van der Waals surface area (Å²) in [6, 6.07) is 1.19. The van der Waals surface area contributed by atoms with Crippen LogP contribution in [0, 0.1) is 11.3 Å². The molecule has 3 heteroatoms. The van der Waals surface area contributed by atoms with Crippen LogP contribution in [-0.4, -0.2) is 43.3 Å². The smallest absolute Gasteiger partial charge is 0.0471 e. The Labute approximate surface area is 111 Å². The van der Waals surface area contributed by atoms with Crippen LogP contribution in [0.1, 0.15) is 45.4 Å². The average molecular weight is 252 g/mol. The maximum Gasteiger partial charge on any atom is 0.0471 e. The van der Waals surface area contributed by atoms with Crippen LogP contribution in [0.2, 0.25) is 0 Å². The molecule has 0 aromatic carbocycles. The molecular weight excluding hydrogens is 224 g/mol. The van der Waals surface area contributed by atoms with Gasteiger partial charge in [-0.3, -0.25) is 4.90 Å². The second-order valence-electron chi connectivity index (χ2n) is 6.79. The van der Waals surface area contributed by atoms with Gasteiger partial charge in [-0.25, -0.2) is 0 Å². The van der Waals surface area contributed by atoms with E-state index in [4.69, 9.17) is 10.5 Å². The minimum absolute atomic E-state index is 0.363. The third kappa shape index (κ3) is 2.21. The number of rotatable bonds is 2. The first-order valence-electron chi connectivity index (χ1n) is 7.79. The molecule has 1 saturated carbocycles. The fraction of sp³-hybridized carbons (Fsp3) is 1.00. The monoisotopic (exact) mass is 252 g/mol. The van der Waals surface area contributed by atoms with Gasteiger partial charge in [0, 0.05) is 31.8 Å². The van der Waals surface area contributed by atoms with Gasteiger partial charge in [0.2, 0.25) is 0 Å². The van der Waals surface area contributed by atoms with Gasteiger partial charge < -0.3 is 10.5 Å². The molecule has 1 aliphatic carbocycles. The van der Waals surface area contributed by atoms with Gasteiger partial charge >= 0.3 is 0 Å². The fourth-order valence-corrected chi connectivity index (χ4v) is 4.58. The largest absolute Gasteiger partial charge is 0.381 e. The molecule has 2 aliphatic heterocycles. The van der Waals surface area contributed by atoms with Gasteiger partial charge in [0.25, 0.3) is 0 Å². The van der Waals surface area contributed by atoms with Gasteiger partial charge in [-0.05, 0) is 56.9 Å². The Kier molecular flexibility index (Phi) is 3.65. The van der Waals surface area contributed by atoms with Crippen LogP contribution in [0.3, 0.4) is 0 Å². The molecule has 3 atom stereocenters. The summed E-state index contributed by atoms with van der Waals surface area (Å²) in [4.78, 5) is 2.77. The average Bonchev–Trinajstić information content (AvgIpc) is 2.97. The van der Waals surface area contributed by atoms with Gasteiger partial charge in [-0.1, -0.05) is 6.42 Å². The SMILES string of the molecule is CC(N)C1CCN(C2CCCC23CCOCC3)C1. The molecule has 3 rings (SSSR count). The summed E-state index contributed by atoms with van der Waals surface area (Å²) in [5.74, 6) is 0.725. The highest BCUT2D eigenvalue weighted by Gasteiger charge is 2.47. The molecule has 0 aromatic rings. The van der Waals surface area contributed by atoms with Crippen LogP contribution >= 0.6 is 0 Å². The molecule has 0 aromatic heterocycles. The second-order valence-corrected chi connectivity index (χ2v) is 6.79. The standard InChI is InChI=1S/C15H28N2O/c1-12(16)13-4-8-17(11-13)14-3-2-5-15(14)6-9-18-10-7-15/h12-14H,2-11,16H2,1H3. The summed E-state index contributed by atoms with van der Waals surface area (Å²) < 4.78 is 5.59. The first kappa shape index (κ1) is 12.9. The molecule has 104 valence electrons. The van der Waals surface area contributed by atoms with Crippen molar-refractivity contribution in [1.29, 1.82) is 0 Å². The third-order valence-electron chi connectivity index (χ3n) is 5.79. The zero-order chi connectivity index (χ0) is 12.6. The Balaban J connectivity index is 1.68. The summed E-state index contributed by atoms with van der Waals surface area (Å²) in [6.07, 6.45) is 8.14. The predicted octanol–water partition coefficient (Wildman–Crippen LogP) is 2.00. The van der Waals surface area contributed by atoms with E-state index in [2.05, 4.69) is 11.8 Å². The molecule has 3 unspecified atom stereocenters. The predicted molar refractivity (Wildman–Crippen MR) is 73.5 cm³/mol. The van der Waals surface area contributed by atoms with Gasteiger partial charge in [-0.15, -0.1) is 0 Å². The second kappa shape index (κ2) is 5.10. The van der Waals surface area contributed by atoms with E-state index in [1.54, 1.807) is 0 Å². The molecule has 2 saturated heterocycles. The number of likely N-dealkylation sites (tertiary alicyclic amines) is 1. The number of hydrogen-bond donors (Lipinski definition) is 1. The maximum atomic E-state index is 6.08. The highest BCUT2D eigenvalue weighted by molar-refractivity contribution is 5.00. The molecular formula is C15H28N2O. The highest BCUT2D eigenvalue weighted by Crippen LogP contribution is 2.49. The van der Waals surface area contributed by atoms with E-state index in [1.165, 1.54) is 51.6 Å². The van der Waals surface area contributed by atoms with Crippen molar-refractivity contribution in [1.82, 2.24) is 4.90 Å². The molecule has 0 amide bonds. The summed E-state index contributed by atoms with van der Waals surface area (Å²) in [5, 5.41) is 0. The van der Waals surface area contributed by atoms with Crippen LogP contribution in [0.5, 0.6) is 0 Å². The number of nitrogens with zero attached hydrogens (tertiary/aromatic N) is 1. The van der Waals surface area contributed by atoms with Gasteiger partial charge in [0.15, 0.2) is 0 Å². The molecule has 1 spiro atoms. The molecule has 0 bridgehead atoms. The van der Waals surface area contributed by atoms with Crippen molar-refractivity contribution >= 4 is 0 Å². The van der Waals surface area contributed by atoms with E-state index in [0.717, 1.165) is 25.2 Å². The molecule has 3 aliphatic rings. The van der Waals surface area contributed by atoms with Crippen molar-refractivity contribution in [2.45, 2.75) is 57.5 Å². The minimum Gasteiger partial charge on any atom is -0.381 e. The van der Waals surface area contributed by atoms with Crippen LogP contribution in [-0.2, 0) is 4.74 Å². The normalized spacial score (nSPS) is 38.3. The zero-order valence-corrected chi connectivity index (χ0v) is 11.7. The van der Waals surface area contributed by atoms with Crippen molar-refractivity contribution in [2.24, 2.45) is 17.1 Å². The Morgan fingerprint density at radius 2 is 2.00 bits per heavy atom. The molecule has 2 heterocycles. The number of nitrogens with two attached hydrogens (primary N) is 1. The Hall–Kier alpha value is -0.120. The third-order valence-corrected chi connectivity index (χ3v) is 5.79. The van der Waals surface area contributed by atoms with Crippen LogP contribution in [0.4, 0.5) is 0 Å². The van der Waals surface area contributed by atoms with E-state index < -0.39 is 0 Å². The van der Waals surface area contributed by atoms with Gasteiger partial charge in [0.05, 0.1) is 0 Å². The minimum atomic E-state index is 0.363. The van der Waals surface area contributed by atoms with E-state index in [1.807, 2.05) is 0 Å². The van der Waals surface area contributed by atoms with E-state index >= 15 is 0 Å². The zero-order valence-electron chi connectivity index (χ0n) is 11.7. The summed E-state index contributed by atoms with van der Waals surface area (Å²) in [7, 11) is 0. The Bertz CT molecular complexity index is 286. The number of ether oxygens (including phenoxy) is 1. The summed E-state index contributed by atoms with van der Waals surface area (Å²) in [5.41, 5.74) is 6.67. The topological polar surface area (TPSA) is 38.5 Å². The van der Waals surface area contributed by atoms with Gasteiger partial charge in [-0.2, -0.15) is 0 Å². The van der Waals surface area contributed by atoms with E-state index in [0.29, 0.717) is 11.5 Å². The van der Waals surface area contributed by atoms with Crippen LogP contribution in [0.25, 0.3) is 0 Å². The fourth-order valence-electron chi connectivity index (χ4n) is 4.58. The molecule has 18 heavy (non-hydrogen) atoms. The van der Waals surface area contributed by atoms with E-state index in [9.17, 15) is 0 Å².